The van der Waals surface area contributed by atoms with Crippen molar-refractivity contribution in [2.24, 2.45) is 5.10 Å². The Morgan fingerprint density at radius 1 is 1.08 bits per heavy atom. The van der Waals surface area contributed by atoms with Crippen molar-refractivity contribution >= 4 is 5.71 Å². The van der Waals surface area contributed by atoms with Crippen molar-refractivity contribution in [3.8, 4) is 11.5 Å². The fourth-order valence-corrected chi connectivity index (χ4v) is 4.44. The van der Waals surface area contributed by atoms with Gasteiger partial charge in [-0.2, -0.15) is 5.10 Å². The second-order valence-corrected chi connectivity index (χ2v) is 7.13. The Bertz CT molecular complexity index is 822. The number of nitrogens with zero attached hydrogens (tertiary/aromatic N) is 2. The van der Waals surface area contributed by atoms with Gasteiger partial charge in [0.2, 0.25) is 0 Å². The summed E-state index contributed by atoms with van der Waals surface area (Å²) in [5.41, 5.74) is 3.31. The summed E-state index contributed by atoms with van der Waals surface area (Å²) in [6.07, 6.45) is 5.44. The Morgan fingerprint density at radius 2 is 1.84 bits per heavy atom. The minimum absolute atomic E-state index is 0.257. The molecule has 1 spiro atoms. The van der Waals surface area contributed by atoms with E-state index >= 15 is 0 Å². The van der Waals surface area contributed by atoms with Crippen LogP contribution >= 0.6 is 0 Å². The Kier molecular flexibility index (Phi) is 3.27. The molecule has 5 rings (SSSR count). The second-order valence-electron chi connectivity index (χ2n) is 7.13. The first kappa shape index (κ1) is 14.8. The van der Waals surface area contributed by atoms with Gasteiger partial charge in [0, 0.05) is 24.8 Å². The molecule has 2 heterocycles. The average molecular weight is 334 g/mol. The highest BCUT2D eigenvalue weighted by atomic mass is 16.5. The lowest BCUT2D eigenvalue weighted by Gasteiger charge is -2.45. The van der Waals surface area contributed by atoms with Crippen LogP contribution in [0, 0.1) is 0 Å². The van der Waals surface area contributed by atoms with Crippen molar-refractivity contribution < 1.29 is 9.47 Å². The van der Waals surface area contributed by atoms with Gasteiger partial charge in [0.15, 0.2) is 5.72 Å². The number of hydrogen-bond acceptors (Lipinski definition) is 4. The Morgan fingerprint density at radius 3 is 2.60 bits per heavy atom. The summed E-state index contributed by atoms with van der Waals surface area (Å²) in [5.74, 6) is 1.91. The Hall–Kier alpha value is -2.49. The summed E-state index contributed by atoms with van der Waals surface area (Å²) < 4.78 is 11.8. The molecule has 0 radical (unpaired) electrons. The minimum Gasteiger partial charge on any atom is -0.497 e. The highest BCUT2D eigenvalue weighted by Crippen LogP contribution is 2.51. The molecule has 0 N–H and O–H groups in total. The molecule has 0 saturated heterocycles. The van der Waals surface area contributed by atoms with Gasteiger partial charge in [0.05, 0.1) is 18.9 Å². The summed E-state index contributed by atoms with van der Waals surface area (Å²) >= 11 is 0. The molecule has 3 aliphatic rings. The number of methoxy groups -OCH3 is 1. The maximum atomic E-state index is 6.51. The minimum atomic E-state index is -0.257. The topological polar surface area (TPSA) is 34.1 Å². The van der Waals surface area contributed by atoms with E-state index in [0.29, 0.717) is 0 Å². The predicted octanol–water partition coefficient (Wildman–Crippen LogP) is 4.51. The molecule has 128 valence electrons. The monoisotopic (exact) mass is 334 g/mol. The number of hydrogen-bond donors (Lipinski definition) is 0. The normalized spacial score (nSPS) is 23.0. The molecule has 1 unspecified atom stereocenters. The van der Waals surface area contributed by atoms with Gasteiger partial charge in [-0.1, -0.05) is 18.2 Å². The maximum Gasteiger partial charge on any atom is 0.198 e. The largest absolute Gasteiger partial charge is 0.497 e. The molecular weight excluding hydrogens is 312 g/mol. The summed E-state index contributed by atoms with van der Waals surface area (Å²) in [7, 11) is 1.69. The molecule has 2 aromatic carbocycles. The fourth-order valence-electron chi connectivity index (χ4n) is 4.44. The molecule has 2 aromatic rings. The van der Waals surface area contributed by atoms with Crippen LogP contribution in [-0.2, 0) is 0 Å². The van der Waals surface area contributed by atoms with Crippen LogP contribution < -0.4 is 9.47 Å². The van der Waals surface area contributed by atoms with Gasteiger partial charge in [0.25, 0.3) is 0 Å². The molecule has 1 saturated carbocycles. The number of hydrazone groups is 1. The highest BCUT2D eigenvalue weighted by molar-refractivity contribution is 6.02. The van der Waals surface area contributed by atoms with Crippen LogP contribution in [0.4, 0.5) is 0 Å². The van der Waals surface area contributed by atoms with Crippen molar-refractivity contribution in [3.05, 3.63) is 59.7 Å². The van der Waals surface area contributed by atoms with E-state index in [2.05, 4.69) is 41.4 Å². The van der Waals surface area contributed by atoms with Crippen LogP contribution in [0.1, 0.15) is 49.3 Å². The number of para-hydroxylation sites is 1. The van der Waals surface area contributed by atoms with Crippen molar-refractivity contribution in [2.75, 3.05) is 7.11 Å². The zero-order valence-corrected chi connectivity index (χ0v) is 14.4. The quantitative estimate of drug-likeness (QED) is 0.810. The smallest absolute Gasteiger partial charge is 0.198 e. The second kappa shape index (κ2) is 5.51. The molecule has 4 nitrogen and oxygen atoms in total. The van der Waals surface area contributed by atoms with Crippen molar-refractivity contribution in [1.82, 2.24) is 5.01 Å². The molecule has 1 atom stereocenters. The van der Waals surface area contributed by atoms with Gasteiger partial charge >= 0.3 is 0 Å². The zero-order valence-electron chi connectivity index (χ0n) is 14.4. The van der Waals surface area contributed by atoms with Gasteiger partial charge < -0.3 is 9.47 Å². The zero-order chi connectivity index (χ0) is 16.9. The number of fused-ring (bicyclic) bond motifs is 4. The van der Waals surface area contributed by atoms with Crippen molar-refractivity contribution in [1.29, 1.82) is 0 Å². The molecule has 4 heteroatoms. The van der Waals surface area contributed by atoms with Crippen molar-refractivity contribution in [3.63, 3.8) is 0 Å². The first-order chi connectivity index (χ1) is 12.3. The molecule has 0 aromatic heterocycles. The van der Waals surface area contributed by atoms with E-state index in [4.69, 9.17) is 14.6 Å². The first-order valence-corrected chi connectivity index (χ1v) is 9.08. The third kappa shape index (κ3) is 2.24. The predicted molar refractivity (Wildman–Crippen MR) is 97.0 cm³/mol. The van der Waals surface area contributed by atoms with Crippen LogP contribution in [0.2, 0.25) is 0 Å². The Labute approximate surface area is 148 Å². The van der Waals surface area contributed by atoms with Gasteiger partial charge in [-0.05, 0) is 48.7 Å². The van der Waals surface area contributed by atoms with Gasteiger partial charge in [-0.25, -0.2) is 5.01 Å². The van der Waals surface area contributed by atoms with E-state index in [1.807, 2.05) is 12.1 Å². The van der Waals surface area contributed by atoms with Crippen LogP contribution in [0.5, 0.6) is 11.5 Å². The van der Waals surface area contributed by atoms with E-state index in [1.165, 1.54) is 24.0 Å². The molecule has 0 amide bonds. The van der Waals surface area contributed by atoms with E-state index in [9.17, 15) is 0 Å². The molecule has 2 aliphatic heterocycles. The van der Waals surface area contributed by atoms with Gasteiger partial charge in [-0.3, -0.25) is 0 Å². The summed E-state index contributed by atoms with van der Waals surface area (Å²) in [6.45, 7) is 0. The standard InChI is InChI=1S/C21H22N2O2/c1-24-16-10-8-15(9-11-16)18-14-19-17-6-2-3-7-20(17)25-21(23(19)22-18)12-4-5-13-21/h2-3,6-11,19H,4-5,12-14H2,1H3. The van der Waals surface area contributed by atoms with Crippen LogP contribution in [-0.4, -0.2) is 23.6 Å². The number of benzene rings is 2. The fraction of sp³-hybridized carbons (Fsp3) is 0.381. The Balaban J connectivity index is 1.56. The summed E-state index contributed by atoms with van der Waals surface area (Å²) in [5, 5.41) is 7.32. The summed E-state index contributed by atoms with van der Waals surface area (Å²) in [4.78, 5) is 0. The number of rotatable bonds is 2. The molecule has 1 fully saturated rings. The molecular formula is C21H22N2O2. The van der Waals surface area contributed by atoms with Crippen LogP contribution in [0.25, 0.3) is 0 Å². The van der Waals surface area contributed by atoms with E-state index in [-0.39, 0.29) is 11.8 Å². The van der Waals surface area contributed by atoms with E-state index in [0.717, 1.165) is 36.5 Å². The van der Waals surface area contributed by atoms with Crippen LogP contribution in [0.15, 0.2) is 53.6 Å². The van der Waals surface area contributed by atoms with E-state index < -0.39 is 0 Å². The van der Waals surface area contributed by atoms with Gasteiger partial charge in [-0.15, -0.1) is 0 Å². The van der Waals surface area contributed by atoms with E-state index in [1.54, 1.807) is 7.11 Å². The van der Waals surface area contributed by atoms with Crippen molar-refractivity contribution in [2.45, 2.75) is 43.9 Å². The molecule has 0 bridgehead atoms. The van der Waals surface area contributed by atoms with Crippen LogP contribution in [0.3, 0.4) is 0 Å². The lowest BCUT2D eigenvalue weighted by atomic mass is 9.94. The third-order valence-electron chi connectivity index (χ3n) is 5.71. The molecule has 1 aliphatic carbocycles. The van der Waals surface area contributed by atoms with Gasteiger partial charge in [0.1, 0.15) is 11.5 Å². The average Bonchev–Trinajstić information content (AvgIpc) is 3.30. The maximum absolute atomic E-state index is 6.51. The lowest BCUT2D eigenvalue weighted by molar-refractivity contribution is -0.114. The first-order valence-electron chi connectivity index (χ1n) is 9.08. The number of ether oxygens (including phenoxy) is 2. The summed E-state index contributed by atoms with van der Waals surface area (Å²) in [6, 6.07) is 16.9. The lowest BCUT2D eigenvalue weighted by Crippen LogP contribution is -2.51. The highest BCUT2D eigenvalue weighted by Gasteiger charge is 2.51. The SMILES string of the molecule is COc1ccc(C2=NN3C(C2)c2ccccc2OC32CCCC2)cc1. The third-order valence-corrected chi connectivity index (χ3v) is 5.71. The molecule has 25 heavy (non-hydrogen) atoms.